The Balaban J connectivity index is 1.25. The second kappa shape index (κ2) is 11.1. The molecule has 0 aromatic heterocycles. The highest BCUT2D eigenvalue weighted by Gasteiger charge is 2.33. The van der Waals surface area contributed by atoms with Crippen LogP contribution < -0.4 is 9.46 Å². The van der Waals surface area contributed by atoms with Crippen molar-refractivity contribution in [2.75, 3.05) is 26.2 Å². The lowest BCUT2D eigenvalue weighted by Crippen LogP contribution is -2.52. The molecule has 0 radical (unpaired) electrons. The second-order valence-corrected chi connectivity index (χ2v) is 11.2. The van der Waals surface area contributed by atoms with E-state index in [0.29, 0.717) is 41.7 Å². The predicted octanol–water partition coefficient (Wildman–Crippen LogP) is 4.39. The fourth-order valence-corrected chi connectivity index (χ4v) is 5.78. The number of halogens is 5. The zero-order valence-corrected chi connectivity index (χ0v) is 21.4. The van der Waals surface area contributed by atoms with Crippen LogP contribution in [0.4, 0.5) is 13.2 Å². The van der Waals surface area contributed by atoms with E-state index in [4.69, 9.17) is 27.9 Å². The van der Waals surface area contributed by atoms with Crippen molar-refractivity contribution in [2.45, 2.75) is 36.7 Å². The molecule has 0 spiro atoms. The molecule has 0 bridgehead atoms. The molecule has 1 amide bonds. The number of nitrogens with zero attached hydrogens (tertiary/aromatic N) is 2. The van der Waals surface area contributed by atoms with Gasteiger partial charge in [-0.05, 0) is 37.8 Å². The Morgan fingerprint density at radius 1 is 0.861 bits per heavy atom. The molecule has 7 nitrogen and oxygen atoms in total. The zero-order valence-electron chi connectivity index (χ0n) is 19.0. The minimum atomic E-state index is -4.68. The van der Waals surface area contributed by atoms with E-state index in [1.54, 1.807) is 22.9 Å². The first-order valence-electron chi connectivity index (χ1n) is 11.4. The Kier molecular flexibility index (Phi) is 8.35. The van der Waals surface area contributed by atoms with Crippen molar-refractivity contribution in [3.63, 3.8) is 0 Å². The van der Waals surface area contributed by atoms with Gasteiger partial charge in [0.25, 0.3) is 10.0 Å². The molecule has 2 aliphatic rings. The fourth-order valence-electron chi connectivity index (χ4n) is 4.38. The largest absolute Gasteiger partial charge is 0.490 e. The zero-order chi connectivity index (χ0) is 26.0. The number of nitrogens with one attached hydrogen (secondary N) is 1. The molecular weight excluding hydrogens is 542 g/mol. The molecule has 0 aliphatic carbocycles. The van der Waals surface area contributed by atoms with Crippen molar-refractivity contribution in [1.82, 2.24) is 14.7 Å². The van der Waals surface area contributed by atoms with Gasteiger partial charge in [0.05, 0.1) is 10.0 Å². The van der Waals surface area contributed by atoms with Crippen LogP contribution in [0.25, 0.3) is 0 Å². The molecule has 2 fully saturated rings. The van der Waals surface area contributed by atoms with E-state index in [2.05, 4.69) is 10.0 Å². The summed E-state index contributed by atoms with van der Waals surface area (Å²) in [4.78, 5) is 11.4. The number of carbonyl (C=O) groups excluding carboxylic acids is 1. The summed E-state index contributed by atoms with van der Waals surface area (Å²) >= 11 is 12.0. The third-order valence-electron chi connectivity index (χ3n) is 6.35. The highest BCUT2D eigenvalue weighted by atomic mass is 35.5. The average molecular weight is 566 g/mol. The molecule has 0 atom stereocenters. The number of carbonyl (C=O) groups is 1. The predicted molar refractivity (Wildman–Crippen MR) is 128 cm³/mol. The Hall–Kier alpha value is -2.05. The first kappa shape index (κ1) is 27.0. The highest BCUT2D eigenvalue weighted by Crippen LogP contribution is 2.29. The van der Waals surface area contributed by atoms with Gasteiger partial charge in [0, 0.05) is 50.3 Å². The summed E-state index contributed by atoms with van der Waals surface area (Å²) in [7, 11) is -4.68. The molecule has 36 heavy (non-hydrogen) atoms. The van der Waals surface area contributed by atoms with Crippen molar-refractivity contribution >= 4 is 39.1 Å². The van der Waals surface area contributed by atoms with Crippen LogP contribution in [0.1, 0.15) is 25.7 Å². The second-order valence-electron chi connectivity index (χ2n) is 8.74. The number of ether oxygens (including phenoxy) is 1. The molecule has 196 valence electrons. The van der Waals surface area contributed by atoms with Crippen molar-refractivity contribution in [3.05, 3.63) is 57.8 Å². The monoisotopic (exact) mass is 565 g/mol. The van der Waals surface area contributed by atoms with Gasteiger partial charge in [0.2, 0.25) is 5.91 Å². The summed E-state index contributed by atoms with van der Waals surface area (Å²) in [5, 5.41) is 5.21. The van der Waals surface area contributed by atoms with E-state index < -0.39 is 44.2 Å². The first-order chi connectivity index (χ1) is 17.0. The van der Waals surface area contributed by atoms with Crippen LogP contribution in [0, 0.1) is 23.4 Å². The van der Waals surface area contributed by atoms with Crippen LogP contribution in [0.15, 0.2) is 35.2 Å². The molecule has 2 aromatic rings. The maximum absolute atomic E-state index is 13.9. The number of benzene rings is 2. The topological polar surface area (TPSA) is 79.0 Å². The number of hydrogen-bond donors (Lipinski definition) is 1. The molecule has 0 saturated carbocycles. The summed E-state index contributed by atoms with van der Waals surface area (Å²) in [6.07, 6.45) is 2.39. The smallest absolute Gasteiger partial charge is 0.267 e. The quantitative estimate of drug-likeness (QED) is 0.523. The number of piperidine rings is 2. The van der Waals surface area contributed by atoms with E-state index in [1.165, 1.54) is 0 Å². The number of amides is 1. The molecule has 4 rings (SSSR count). The van der Waals surface area contributed by atoms with Gasteiger partial charge in [-0.3, -0.25) is 4.79 Å². The van der Waals surface area contributed by atoms with E-state index >= 15 is 0 Å². The van der Waals surface area contributed by atoms with E-state index in [-0.39, 0.29) is 18.2 Å². The first-order valence-corrected chi connectivity index (χ1v) is 13.6. The summed E-state index contributed by atoms with van der Waals surface area (Å²) in [5.41, 5.74) is 0. The molecular formula is C23H24Cl2F3N3O4S. The van der Waals surface area contributed by atoms with Gasteiger partial charge < -0.3 is 4.74 Å². The third-order valence-corrected chi connectivity index (χ3v) is 8.45. The van der Waals surface area contributed by atoms with Crippen molar-refractivity contribution in [2.24, 2.45) is 5.92 Å². The Bertz CT molecular complexity index is 1240. The van der Waals surface area contributed by atoms with Gasteiger partial charge in [-0.2, -0.15) is 0 Å². The lowest BCUT2D eigenvalue weighted by Gasteiger charge is -2.42. The van der Waals surface area contributed by atoms with Crippen LogP contribution in [0.2, 0.25) is 10.0 Å². The lowest BCUT2D eigenvalue weighted by atomic mass is 9.97. The Labute approximate surface area is 217 Å². The normalized spacial score (nSPS) is 18.8. The van der Waals surface area contributed by atoms with Crippen LogP contribution in [-0.4, -0.2) is 56.6 Å². The molecule has 2 aromatic carbocycles. The van der Waals surface area contributed by atoms with Crippen LogP contribution in [0.5, 0.6) is 5.75 Å². The van der Waals surface area contributed by atoms with Crippen LogP contribution >= 0.6 is 23.2 Å². The number of hydrogen-bond acceptors (Lipinski definition) is 6. The highest BCUT2D eigenvalue weighted by molar-refractivity contribution is 7.90. The number of rotatable bonds is 6. The number of hydrazine groups is 1. The number of sulfonamides is 1. The summed E-state index contributed by atoms with van der Waals surface area (Å²) in [5.74, 6) is -5.27. The van der Waals surface area contributed by atoms with Crippen LogP contribution in [0.3, 0.4) is 0 Å². The van der Waals surface area contributed by atoms with Crippen molar-refractivity contribution < 1.29 is 31.1 Å². The lowest BCUT2D eigenvalue weighted by molar-refractivity contribution is -0.128. The van der Waals surface area contributed by atoms with Gasteiger partial charge in [-0.15, -0.1) is 0 Å². The van der Waals surface area contributed by atoms with Gasteiger partial charge >= 0.3 is 0 Å². The van der Waals surface area contributed by atoms with E-state index in [0.717, 1.165) is 25.9 Å². The Morgan fingerprint density at radius 3 is 2.06 bits per heavy atom. The van der Waals surface area contributed by atoms with Gasteiger partial charge in [-0.25, -0.2) is 36.3 Å². The van der Waals surface area contributed by atoms with Crippen molar-refractivity contribution in [3.8, 4) is 5.75 Å². The molecule has 13 heteroatoms. The molecule has 2 aliphatic heterocycles. The van der Waals surface area contributed by atoms with Crippen LogP contribution in [-0.2, 0) is 14.8 Å². The minimum Gasteiger partial charge on any atom is -0.490 e. The third kappa shape index (κ3) is 6.25. The standard InChI is InChI=1S/C23H24Cl2F3N3O4S/c24-17-2-1-16(11-18(17)25)35-15-5-9-31(10-6-15)30-7-3-14(4-8-30)23(32)29-36(33,34)22-13-20(27)19(26)12-21(22)28/h1-2,11-15H,3-10H2,(H,29,32). The van der Waals surface area contributed by atoms with E-state index in [1.807, 2.05) is 0 Å². The van der Waals surface area contributed by atoms with Gasteiger partial charge in [-0.1, -0.05) is 23.2 Å². The SMILES string of the molecule is O=C(NS(=O)(=O)c1cc(F)c(F)cc1F)C1CCN(N2CCC(Oc3ccc(Cl)c(Cl)c3)CC2)CC1. The molecule has 1 N–H and O–H groups in total. The van der Waals surface area contributed by atoms with Gasteiger partial charge in [0.15, 0.2) is 11.6 Å². The molecule has 2 heterocycles. The average Bonchev–Trinajstić information content (AvgIpc) is 2.84. The summed E-state index contributed by atoms with van der Waals surface area (Å²) < 4.78 is 73.0. The van der Waals surface area contributed by atoms with Crippen molar-refractivity contribution in [1.29, 1.82) is 0 Å². The molecule has 2 saturated heterocycles. The van der Waals surface area contributed by atoms with E-state index in [9.17, 15) is 26.4 Å². The minimum absolute atomic E-state index is 0.0312. The Morgan fingerprint density at radius 2 is 1.44 bits per heavy atom. The maximum Gasteiger partial charge on any atom is 0.267 e. The fraction of sp³-hybridized carbons (Fsp3) is 0.435. The summed E-state index contributed by atoms with van der Waals surface area (Å²) in [6, 6.07) is 5.50. The van der Waals surface area contributed by atoms with Gasteiger partial charge in [0.1, 0.15) is 22.6 Å². The maximum atomic E-state index is 13.9. The molecule has 0 unspecified atom stereocenters. The summed E-state index contributed by atoms with van der Waals surface area (Å²) in [6.45, 7) is 2.59.